The Kier molecular flexibility index (Phi) is 5.93. The summed E-state index contributed by atoms with van der Waals surface area (Å²) in [6.45, 7) is 1.87. The normalized spacial score (nSPS) is 12.0. The van der Waals surface area contributed by atoms with E-state index in [9.17, 15) is 13.5 Å². The molecule has 0 aromatic heterocycles. The van der Waals surface area contributed by atoms with Gasteiger partial charge < -0.3 is 10.4 Å². The molecule has 5 nitrogen and oxygen atoms in total. The van der Waals surface area contributed by atoms with Crippen LogP contribution < -0.4 is 5.32 Å². The molecule has 0 aliphatic carbocycles. The van der Waals surface area contributed by atoms with Gasteiger partial charge in [-0.25, -0.2) is 0 Å². The Bertz CT molecular complexity index is 1110. The van der Waals surface area contributed by atoms with Crippen LogP contribution in [0.25, 0.3) is 0 Å². The molecule has 144 valence electrons. The molecule has 0 bridgehead atoms. The zero-order chi connectivity index (χ0) is 20.3. The van der Waals surface area contributed by atoms with Gasteiger partial charge in [-0.15, -0.1) is 4.40 Å². The largest absolute Gasteiger partial charge is 0.505 e. The minimum Gasteiger partial charge on any atom is -0.505 e. The monoisotopic (exact) mass is 434 g/mol. The van der Waals surface area contributed by atoms with Crippen molar-refractivity contribution < 1.29 is 13.5 Å². The van der Waals surface area contributed by atoms with Gasteiger partial charge in [0, 0.05) is 11.3 Å². The first-order valence-electron chi connectivity index (χ1n) is 8.18. The van der Waals surface area contributed by atoms with Crippen LogP contribution in [-0.4, -0.2) is 19.4 Å². The van der Waals surface area contributed by atoms with Crippen molar-refractivity contribution in [1.82, 2.24) is 0 Å². The number of sulfonamides is 1. The Labute approximate surface area is 173 Å². The van der Waals surface area contributed by atoms with Gasteiger partial charge in [0.1, 0.15) is 0 Å². The second kappa shape index (κ2) is 8.22. The van der Waals surface area contributed by atoms with Crippen LogP contribution in [0.3, 0.4) is 0 Å². The molecule has 2 N–H and O–H groups in total. The Morgan fingerprint density at radius 2 is 1.54 bits per heavy atom. The van der Waals surface area contributed by atoms with Crippen molar-refractivity contribution in [1.29, 1.82) is 0 Å². The molecular weight excluding hydrogens is 419 g/mol. The number of halogens is 2. The van der Waals surface area contributed by atoms with Gasteiger partial charge in [0.15, 0.2) is 11.6 Å². The molecule has 8 heteroatoms. The van der Waals surface area contributed by atoms with Crippen molar-refractivity contribution in [2.75, 3.05) is 5.32 Å². The first kappa shape index (κ1) is 20.2. The molecule has 0 aliphatic rings. The molecule has 3 aromatic rings. The summed E-state index contributed by atoms with van der Waals surface area (Å²) >= 11 is 11.9. The lowest BCUT2D eigenvalue weighted by Gasteiger charge is -2.12. The zero-order valence-corrected chi connectivity index (χ0v) is 17.1. The number of phenolic OH excluding ortho intramolecular Hbond substituents is 1. The highest BCUT2D eigenvalue weighted by molar-refractivity contribution is 7.90. The second-order valence-corrected chi connectivity index (χ2v) is 8.43. The van der Waals surface area contributed by atoms with E-state index in [0.29, 0.717) is 11.3 Å². The van der Waals surface area contributed by atoms with E-state index in [2.05, 4.69) is 9.71 Å². The third-order valence-electron chi connectivity index (χ3n) is 3.86. The zero-order valence-electron chi connectivity index (χ0n) is 14.7. The van der Waals surface area contributed by atoms with E-state index in [1.807, 2.05) is 13.0 Å². The average molecular weight is 435 g/mol. The fourth-order valence-electron chi connectivity index (χ4n) is 2.40. The molecule has 0 aliphatic heterocycles. The summed E-state index contributed by atoms with van der Waals surface area (Å²) in [5.41, 5.74) is 1.88. The summed E-state index contributed by atoms with van der Waals surface area (Å²) in [6.07, 6.45) is 0. The van der Waals surface area contributed by atoms with Gasteiger partial charge in [0.25, 0.3) is 10.0 Å². The average Bonchev–Trinajstić information content (AvgIpc) is 2.66. The SMILES string of the molecule is Cc1ccc(S(=O)(=O)/N=C(\Nc2cc(Cl)c(O)c(Cl)c2)c2ccccc2)cc1. The number of hydrogen-bond acceptors (Lipinski definition) is 3. The van der Waals surface area contributed by atoms with Crippen molar-refractivity contribution in [3.63, 3.8) is 0 Å². The Morgan fingerprint density at radius 1 is 0.964 bits per heavy atom. The first-order valence-corrected chi connectivity index (χ1v) is 10.4. The van der Waals surface area contributed by atoms with Crippen molar-refractivity contribution in [3.8, 4) is 5.75 Å². The van der Waals surface area contributed by atoms with E-state index in [0.717, 1.165) is 5.56 Å². The van der Waals surface area contributed by atoms with Gasteiger partial charge >= 0.3 is 0 Å². The van der Waals surface area contributed by atoms with Crippen LogP contribution in [0, 0.1) is 6.92 Å². The maximum absolute atomic E-state index is 12.8. The van der Waals surface area contributed by atoms with Gasteiger partial charge in [0.05, 0.1) is 14.9 Å². The molecule has 0 spiro atoms. The molecule has 3 rings (SSSR count). The van der Waals surface area contributed by atoms with E-state index < -0.39 is 10.0 Å². The number of hydrogen-bond donors (Lipinski definition) is 2. The van der Waals surface area contributed by atoms with Gasteiger partial charge in [-0.05, 0) is 31.2 Å². The van der Waals surface area contributed by atoms with Crippen LogP contribution in [0.4, 0.5) is 5.69 Å². The van der Waals surface area contributed by atoms with E-state index in [-0.39, 0.29) is 26.5 Å². The van der Waals surface area contributed by atoms with Crippen molar-refractivity contribution in [3.05, 3.63) is 87.9 Å². The molecule has 0 saturated carbocycles. The van der Waals surface area contributed by atoms with Crippen LogP contribution in [-0.2, 0) is 10.0 Å². The lowest BCUT2D eigenvalue weighted by Crippen LogP contribution is -2.16. The van der Waals surface area contributed by atoms with E-state index in [4.69, 9.17) is 23.2 Å². The van der Waals surface area contributed by atoms with Gasteiger partial charge in [-0.3, -0.25) is 0 Å². The van der Waals surface area contributed by atoms with Crippen LogP contribution >= 0.6 is 23.2 Å². The molecule has 0 unspecified atom stereocenters. The van der Waals surface area contributed by atoms with Crippen molar-refractivity contribution in [2.24, 2.45) is 4.40 Å². The number of aryl methyl sites for hydroxylation is 1. The molecule has 0 fully saturated rings. The number of nitrogens with zero attached hydrogens (tertiary/aromatic N) is 1. The van der Waals surface area contributed by atoms with Crippen LogP contribution in [0.1, 0.15) is 11.1 Å². The third kappa shape index (κ3) is 4.65. The third-order valence-corrected chi connectivity index (χ3v) is 5.72. The summed E-state index contributed by atoms with van der Waals surface area (Å²) in [6, 6.07) is 18.1. The van der Waals surface area contributed by atoms with Gasteiger partial charge in [0.2, 0.25) is 0 Å². The van der Waals surface area contributed by atoms with Gasteiger partial charge in [-0.1, -0.05) is 71.2 Å². The molecule has 0 saturated heterocycles. The smallest absolute Gasteiger partial charge is 0.284 e. The highest BCUT2D eigenvalue weighted by Gasteiger charge is 2.16. The number of aromatic hydroxyl groups is 1. The molecule has 0 heterocycles. The van der Waals surface area contributed by atoms with Crippen molar-refractivity contribution >= 4 is 44.7 Å². The topological polar surface area (TPSA) is 78.8 Å². The standard InChI is InChI=1S/C20H16Cl2N2O3S/c1-13-7-9-16(10-8-13)28(26,27)24-20(14-5-3-2-4-6-14)23-15-11-17(21)19(25)18(22)12-15/h2-12,25H,1H3,(H,23,24). The van der Waals surface area contributed by atoms with Crippen LogP contribution in [0.5, 0.6) is 5.75 Å². The van der Waals surface area contributed by atoms with Crippen LogP contribution in [0.2, 0.25) is 10.0 Å². The molecular formula is C20H16Cl2N2O3S. The molecule has 0 atom stereocenters. The van der Waals surface area contributed by atoms with Crippen LogP contribution in [0.15, 0.2) is 76.0 Å². The Hall–Kier alpha value is -2.54. The number of rotatable bonds is 4. The number of phenols is 1. The molecule has 28 heavy (non-hydrogen) atoms. The lowest BCUT2D eigenvalue weighted by molar-refractivity contribution is 0.476. The first-order chi connectivity index (χ1) is 13.3. The minimum absolute atomic E-state index is 0.0313. The summed E-state index contributed by atoms with van der Waals surface area (Å²) in [5, 5.41) is 12.7. The number of benzene rings is 3. The highest BCUT2D eigenvalue weighted by Crippen LogP contribution is 2.34. The Balaban J connectivity index is 2.07. The van der Waals surface area contributed by atoms with Gasteiger partial charge in [-0.2, -0.15) is 8.42 Å². The quantitative estimate of drug-likeness (QED) is 0.333. The Morgan fingerprint density at radius 3 is 2.11 bits per heavy atom. The number of nitrogens with one attached hydrogen (secondary N) is 1. The van der Waals surface area contributed by atoms with E-state index >= 15 is 0 Å². The predicted molar refractivity (Wildman–Crippen MR) is 113 cm³/mol. The lowest BCUT2D eigenvalue weighted by atomic mass is 10.2. The summed E-state index contributed by atoms with van der Waals surface area (Å²) in [7, 11) is -3.96. The predicted octanol–water partition coefficient (Wildman–Crippen LogP) is 5.26. The summed E-state index contributed by atoms with van der Waals surface area (Å²) in [4.78, 5) is 0.0788. The molecule has 0 amide bonds. The molecule has 0 radical (unpaired) electrons. The maximum atomic E-state index is 12.8. The van der Waals surface area contributed by atoms with Crippen molar-refractivity contribution in [2.45, 2.75) is 11.8 Å². The number of amidine groups is 1. The summed E-state index contributed by atoms with van der Waals surface area (Å²) in [5.74, 6) is -0.154. The second-order valence-electron chi connectivity index (χ2n) is 6.01. The fourth-order valence-corrected chi connectivity index (χ4v) is 3.87. The highest BCUT2D eigenvalue weighted by atomic mass is 35.5. The van der Waals surface area contributed by atoms with E-state index in [1.165, 1.54) is 24.3 Å². The summed E-state index contributed by atoms with van der Waals surface area (Å²) < 4.78 is 29.6. The van der Waals surface area contributed by atoms with E-state index in [1.54, 1.807) is 36.4 Å². The molecule has 3 aromatic carbocycles. The number of anilines is 1. The fraction of sp³-hybridized carbons (Fsp3) is 0.0500. The maximum Gasteiger partial charge on any atom is 0.284 e. The minimum atomic E-state index is -3.96.